The Hall–Kier alpha value is -1.83. The van der Waals surface area contributed by atoms with Crippen molar-refractivity contribution in [1.29, 1.82) is 0 Å². The molecule has 0 bridgehead atoms. The molecule has 3 rings (SSSR count). The van der Waals surface area contributed by atoms with Crippen LogP contribution in [0, 0.1) is 11.7 Å². The predicted octanol–water partition coefficient (Wildman–Crippen LogP) is 2.46. The average molecular weight is 368 g/mol. The SMILES string of the molecule is Fc1cnc(N2CCC(COc3ncc(Br)cn3)CC2)nc1. The van der Waals surface area contributed by atoms with Crippen molar-refractivity contribution >= 4 is 21.9 Å². The van der Waals surface area contributed by atoms with Gasteiger partial charge in [-0.2, -0.15) is 0 Å². The van der Waals surface area contributed by atoms with E-state index in [-0.39, 0.29) is 0 Å². The van der Waals surface area contributed by atoms with E-state index in [0.717, 1.165) is 30.4 Å². The Labute approximate surface area is 135 Å². The molecule has 6 nitrogen and oxygen atoms in total. The summed E-state index contributed by atoms with van der Waals surface area (Å²) in [6.45, 7) is 2.27. The summed E-state index contributed by atoms with van der Waals surface area (Å²) >= 11 is 3.28. The normalized spacial score (nSPS) is 15.8. The lowest BCUT2D eigenvalue weighted by molar-refractivity contribution is 0.208. The number of aromatic nitrogens is 4. The molecule has 0 unspecified atom stereocenters. The van der Waals surface area contributed by atoms with Gasteiger partial charge in [0.05, 0.1) is 23.5 Å². The smallest absolute Gasteiger partial charge is 0.316 e. The van der Waals surface area contributed by atoms with Crippen LogP contribution in [0.5, 0.6) is 6.01 Å². The van der Waals surface area contributed by atoms with Gasteiger partial charge in [0, 0.05) is 25.5 Å². The Bertz CT molecular complexity index is 602. The van der Waals surface area contributed by atoms with Gasteiger partial charge in [-0.15, -0.1) is 0 Å². The van der Waals surface area contributed by atoms with Crippen molar-refractivity contribution < 1.29 is 9.13 Å². The molecule has 22 heavy (non-hydrogen) atoms. The van der Waals surface area contributed by atoms with Crippen LogP contribution in [-0.2, 0) is 0 Å². The van der Waals surface area contributed by atoms with Crippen LogP contribution in [-0.4, -0.2) is 39.6 Å². The number of ether oxygens (including phenoxy) is 1. The second-order valence-electron chi connectivity index (χ2n) is 5.13. The maximum absolute atomic E-state index is 12.8. The summed E-state index contributed by atoms with van der Waals surface area (Å²) in [7, 11) is 0. The van der Waals surface area contributed by atoms with Gasteiger partial charge >= 0.3 is 6.01 Å². The molecular formula is C14H15BrFN5O. The second-order valence-corrected chi connectivity index (χ2v) is 6.04. The van der Waals surface area contributed by atoms with Crippen molar-refractivity contribution in [2.24, 2.45) is 5.92 Å². The largest absolute Gasteiger partial charge is 0.463 e. The van der Waals surface area contributed by atoms with Gasteiger partial charge in [0.25, 0.3) is 0 Å². The monoisotopic (exact) mass is 367 g/mol. The second kappa shape index (κ2) is 6.95. The first-order valence-corrected chi connectivity index (χ1v) is 7.83. The minimum absolute atomic E-state index is 0.396. The van der Waals surface area contributed by atoms with Crippen LogP contribution in [0.25, 0.3) is 0 Å². The van der Waals surface area contributed by atoms with Crippen molar-refractivity contribution in [3.8, 4) is 6.01 Å². The Morgan fingerprint density at radius 1 is 1.09 bits per heavy atom. The number of hydrogen-bond donors (Lipinski definition) is 0. The van der Waals surface area contributed by atoms with Gasteiger partial charge in [0.15, 0.2) is 5.82 Å². The first kappa shape index (κ1) is 15.1. The summed E-state index contributed by atoms with van der Waals surface area (Å²) in [6.07, 6.45) is 7.66. The van der Waals surface area contributed by atoms with Gasteiger partial charge in [-0.3, -0.25) is 0 Å². The van der Waals surface area contributed by atoms with E-state index < -0.39 is 5.82 Å². The third kappa shape index (κ3) is 3.88. The first-order chi connectivity index (χ1) is 10.7. The number of rotatable bonds is 4. The molecular weight excluding hydrogens is 353 g/mol. The molecule has 0 saturated carbocycles. The summed E-state index contributed by atoms with van der Waals surface area (Å²) < 4.78 is 19.3. The zero-order chi connectivity index (χ0) is 15.4. The molecule has 116 valence electrons. The Kier molecular flexibility index (Phi) is 4.77. The molecule has 0 aliphatic carbocycles. The molecule has 0 atom stereocenters. The number of piperidine rings is 1. The molecule has 1 aliphatic rings. The number of hydrogen-bond acceptors (Lipinski definition) is 6. The third-order valence-corrected chi connectivity index (χ3v) is 3.96. The van der Waals surface area contributed by atoms with Gasteiger partial charge < -0.3 is 9.64 Å². The van der Waals surface area contributed by atoms with Crippen LogP contribution in [0.4, 0.5) is 10.3 Å². The quantitative estimate of drug-likeness (QED) is 0.826. The Morgan fingerprint density at radius 2 is 1.73 bits per heavy atom. The minimum atomic E-state index is -0.415. The van der Waals surface area contributed by atoms with Crippen LogP contribution < -0.4 is 9.64 Å². The van der Waals surface area contributed by atoms with Crippen LogP contribution in [0.1, 0.15) is 12.8 Å². The fourth-order valence-electron chi connectivity index (χ4n) is 2.34. The molecule has 1 fully saturated rings. The highest BCUT2D eigenvalue weighted by Crippen LogP contribution is 2.21. The highest BCUT2D eigenvalue weighted by molar-refractivity contribution is 9.10. The van der Waals surface area contributed by atoms with Crippen LogP contribution in [0.15, 0.2) is 29.3 Å². The van der Waals surface area contributed by atoms with Crippen molar-refractivity contribution in [3.63, 3.8) is 0 Å². The third-order valence-electron chi connectivity index (χ3n) is 3.55. The summed E-state index contributed by atoms with van der Waals surface area (Å²) in [4.78, 5) is 18.3. The van der Waals surface area contributed by atoms with Crippen LogP contribution >= 0.6 is 15.9 Å². The van der Waals surface area contributed by atoms with Crippen molar-refractivity contribution in [1.82, 2.24) is 19.9 Å². The van der Waals surface area contributed by atoms with E-state index in [1.165, 1.54) is 12.4 Å². The van der Waals surface area contributed by atoms with Crippen molar-refractivity contribution in [3.05, 3.63) is 35.1 Å². The van der Waals surface area contributed by atoms with Crippen LogP contribution in [0.3, 0.4) is 0 Å². The lowest BCUT2D eigenvalue weighted by atomic mass is 9.98. The van der Waals surface area contributed by atoms with Gasteiger partial charge in [-0.25, -0.2) is 24.3 Å². The topological polar surface area (TPSA) is 64.0 Å². The minimum Gasteiger partial charge on any atom is -0.463 e. The molecule has 0 N–H and O–H groups in total. The molecule has 1 saturated heterocycles. The number of nitrogens with zero attached hydrogens (tertiary/aromatic N) is 5. The lowest BCUT2D eigenvalue weighted by Crippen LogP contribution is -2.36. The maximum atomic E-state index is 12.8. The van der Waals surface area contributed by atoms with Crippen LogP contribution in [0.2, 0.25) is 0 Å². The average Bonchev–Trinajstić information content (AvgIpc) is 2.56. The zero-order valence-corrected chi connectivity index (χ0v) is 13.4. The van der Waals surface area contributed by atoms with E-state index in [0.29, 0.717) is 24.5 Å². The van der Waals surface area contributed by atoms with Gasteiger partial charge in [0.2, 0.25) is 5.95 Å². The summed E-state index contributed by atoms with van der Waals surface area (Å²) in [5.74, 6) is 0.613. The molecule has 2 aromatic heterocycles. The number of anilines is 1. The number of halogens is 2. The highest BCUT2D eigenvalue weighted by Gasteiger charge is 2.21. The van der Waals surface area contributed by atoms with E-state index in [1.807, 2.05) is 0 Å². The summed E-state index contributed by atoms with van der Waals surface area (Å²) in [5, 5.41) is 0. The molecule has 8 heteroatoms. The van der Waals surface area contributed by atoms with Crippen molar-refractivity contribution in [2.45, 2.75) is 12.8 Å². The standard InChI is InChI=1S/C14H15BrFN5O/c15-11-5-19-14(20-6-11)22-9-10-1-3-21(4-2-10)13-17-7-12(16)8-18-13/h5-8,10H,1-4,9H2. The van der Waals surface area contributed by atoms with Crippen molar-refractivity contribution in [2.75, 3.05) is 24.6 Å². The van der Waals surface area contributed by atoms with E-state index in [9.17, 15) is 4.39 Å². The fourth-order valence-corrected chi connectivity index (χ4v) is 2.54. The summed E-state index contributed by atoms with van der Waals surface area (Å²) in [5.41, 5.74) is 0. The molecule has 0 aromatic carbocycles. The highest BCUT2D eigenvalue weighted by atomic mass is 79.9. The molecule has 0 radical (unpaired) electrons. The molecule has 0 spiro atoms. The van der Waals surface area contributed by atoms with E-state index >= 15 is 0 Å². The fraction of sp³-hybridized carbons (Fsp3) is 0.429. The van der Waals surface area contributed by atoms with E-state index in [1.54, 1.807) is 12.4 Å². The Balaban J connectivity index is 1.47. The van der Waals surface area contributed by atoms with Gasteiger partial charge in [0.1, 0.15) is 0 Å². The first-order valence-electron chi connectivity index (χ1n) is 7.03. The van der Waals surface area contributed by atoms with Gasteiger partial charge in [-0.05, 0) is 34.7 Å². The molecule has 2 aromatic rings. The lowest BCUT2D eigenvalue weighted by Gasteiger charge is -2.31. The molecule has 0 amide bonds. The Morgan fingerprint density at radius 3 is 2.36 bits per heavy atom. The maximum Gasteiger partial charge on any atom is 0.316 e. The van der Waals surface area contributed by atoms with E-state index in [2.05, 4.69) is 40.8 Å². The predicted molar refractivity (Wildman–Crippen MR) is 82.2 cm³/mol. The molecule has 1 aliphatic heterocycles. The van der Waals surface area contributed by atoms with E-state index in [4.69, 9.17) is 4.74 Å². The van der Waals surface area contributed by atoms with Gasteiger partial charge in [-0.1, -0.05) is 0 Å². The molecule has 3 heterocycles. The zero-order valence-electron chi connectivity index (χ0n) is 11.8. The summed E-state index contributed by atoms with van der Waals surface area (Å²) in [6, 6.07) is 0.396.